The summed E-state index contributed by atoms with van der Waals surface area (Å²) in [4.78, 5) is 0.740. The van der Waals surface area contributed by atoms with Gasteiger partial charge in [-0.15, -0.1) is 11.8 Å². The lowest BCUT2D eigenvalue weighted by atomic mass is 10.2. The van der Waals surface area contributed by atoms with Crippen molar-refractivity contribution < 1.29 is 8.78 Å². The molecule has 0 radical (unpaired) electrons. The first-order valence-electron chi connectivity index (χ1n) is 5.57. The van der Waals surface area contributed by atoms with Gasteiger partial charge in [0.15, 0.2) is 11.6 Å². The van der Waals surface area contributed by atoms with Crippen LogP contribution in [0.4, 0.5) is 14.5 Å². The van der Waals surface area contributed by atoms with Gasteiger partial charge in [-0.1, -0.05) is 12.1 Å². The van der Waals surface area contributed by atoms with Crippen molar-refractivity contribution >= 4 is 17.4 Å². The Bertz CT molecular complexity index is 526. The zero-order chi connectivity index (χ0) is 13.0. The highest BCUT2D eigenvalue weighted by molar-refractivity contribution is 7.99. The summed E-state index contributed by atoms with van der Waals surface area (Å²) in [6.07, 6.45) is 0.865. The summed E-state index contributed by atoms with van der Waals surface area (Å²) in [6, 6.07) is 11.6. The van der Waals surface area contributed by atoms with Gasteiger partial charge in [-0.2, -0.15) is 0 Å². The van der Waals surface area contributed by atoms with Crippen molar-refractivity contribution in [2.75, 3.05) is 11.5 Å². The van der Waals surface area contributed by atoms with E-state index in [1.165, 1.54) is 23.4 Å². The van der Waals surface area contributed by atoms with Crippen molar-refractivity contribution in [2.24, 2.45) is 0 Å². The van der Waals surface area contributed by atoms with Gasteiger partial charge in [0, 0.05) is 16.3 Å². The quantitative estimate of drug-likeness (QED) is 0.670. The third-order valence-electron chi connectivity index (χ3n) is 2.53. The molecule has 0 heterocycles. The molecular formula is C14H13F2NS. The Morgan fingerprint density at radius 2 is 1.67 bits per heavy atom. The fourth-order valence-corrected chi connectivity index (χ4v) is 2.46. The van der Waals surface area contributed by atoms with Crippen LogP contribution in [-0.4, -0.2) is 5.75 Å². The molecule has 0 amide bonds. The number of hydrogen-bond donors (Lipinski definition) is 1. The van der Waals surface area contributed by atoms with Gasteiger partial charge < -0.3 is 5.73 Å². The summed E-state index contributed by atoms with van der Waals surface area (Å²) in [7, 11) is 0. The first-order chi connectivity index (χ1) is 8.65. The maximum Gasteiger partial charge on any atom is 0.159 e. The van der Waals surface area contributed by atoms with Crippen LogP contribution in [0, 0.1) is 11.6 Å². The molecule has 0 aliphatic carbocycles. The lowest BCUT2D eigenvalue weighted by molar-refractivity contribution is 0.506. The van der Waals surface area contributed by atoms with Gasteiger partial charge >= 0.3 is 0 Å². The van der Waals surface area contributed by atoms with E-state index < -0.39 is 11.6 Å². The highest BCUT2D eigenvalue weighted by Gasteiger charge is 2.03. The highest BCUT2D eigenvalue weighted by atomic mass is 32.2. The maximum absolute atomic E-state index is 13.0. The topological polar surface area (TPSA) is 26.0 Å². The van der Waals surface area contributed by atoms with Crippen LogP contribution in [0.3, 0.4) is 0 Å². The van der Waals surface area contributed by atoms with Crippen LogP contribution in [0.15, 0.2) is 47.4 Å². The van der Waals surface area contributed by atoms with Gasteiger partial charge in [0.25, 0.3) is 0 Å². The lowest BCUT2D eigenvalue weighted by Crippen LogP contribution is -1.91. The maximum atomic E-state index is 13.0. The number of benzene rings is 2. The van der Waals surface area contributed by atoms with E-state index in [4.69, 9.17) is 5.73 Å². The third kappa shape index (κ3) is 3.47. The number of anilines is 1. The molecule has 1 nitrogen and oxygen atoms in total. The van der Waals surface area contributed by atoms with Gasteiger partial charge in [0.1, 0.15) is 0 Å². The molecule has 0 atom stereocenters. The van der Waals surface area contributed by atoms with Crippen molar-refractivity contribution in [2.45, 2.75) is 11.3 Å². The van der Waals surface area contributed by atoms with Gasteiger partial charge in [0.2, 0.25) is 0 Å². The molecule has 0 aliphatic rings. The average molecular weight is 265 g/mol. The van der Waals surface area contributed by atoms with Crippen LogP contribution in [0.2, 0.25) is 0 Å². The minimum absolute atomic E-state index is 0.740. The fraction of sp³-hybridized carbons (Fsp3) is 0.143. The molecule has 18 heavy (non-hydrogen) atoms. The van der Waals surface area contributed by atoms with Gasteiger partial charge in [0.05, 0.1) is 0 Å². The van der Waals surface area contributed by atoms with Crippen molar-refractivity contribution in [3.8, 4) is 0 Å². The van der Waals surface area contributed by atoms with Crippen molar-refractivity contribution in [3.05, 3.63) is 59.7 Å². The summed E-state index contributed by atoms with van der Waals surface area (Å²) in [5.74, 6) is -0.792. The number of nitrogens with two attached hydrogens (primary N) is 1. The SMILES string of the molecule is Nc1ccc(CCSc2ccc(F)c(F)c2)cc1. The van der Waals surface area contributed by atoms with E-state index in [0.29, 0.717) is 0 Å². The Hall–Kier alpha value is -1.55. The molecule has 0 bridgehead atoms. The van der Waals surface area contributed by atoms with Crippen LogP contribution in [-0.2, 0) is 6.42 Å². The Labute approximate surface area is 109 Å². The number of aryl methyl sites for hydroxylation is 1. The van der Waals surface area contributed by atoms with Crippen LogP contribution in [0.25, 0.3) is 0 Å². The zero-order valence-corrected chi connectivity index (χ0v) is 10.5. The number of rotatable bonds is 4. The van der Waals surface area contributed by atoms with E-state index in [0.717, 1.165) is 28.8 Å². The largest absolute Gasteiger partial charge is 0.399 e. The first kappa shape index (κ1) is 12.9. The molecule has 0 unspecified atom stereocenters. The molecule has 0 aliphatic heterocycles. The van der Waals surface area contributed by atoms with E-state index in [9.17, 15) is 8.78 Å². The van der Waals surface area contributed by atoms with Crippen molar-refractivity contribution in [3.63, 3.8) is 0 Å². The van der Waals surface area contributed by atoms with E-state index in [2.05, 4.69) is 0 Å². The van der Waals surface area contributed by atoms with Crippen LogP contribution in [0.1, 0.15) is 5.56 Å². The Morgan fingerprint density at radius 3 is 2.33 bits per heavy atom. The summed E-state index contributed by atoms with van der Waals surface area (Å²) in [6.45, 7) is 0. The molecule has 0 saturated heterocycles. The molecule has 2 N–H and O–H groups in total. The number of halogens is 2. The molecule has 0 fully saturated rings. The number of hydrogen-bond acceptors (Lipinski definition) is 2. The Morgan fingerprint density at radius 1 is 0.944 bits per heavy atom. The summed E-state index contributed by atoms with van der Waals surface area (Å²) < 4.78 is 25.7. The smallest absolute Gasteiger partial charge is 0.159 e. The standard InChI is InChI=1S/C14H13F2NS/c15-13-6-5-12(9-14(13)16)18-8-7-10-1-3-11(17)4-2-10/h1-6,9H,7-8,17H2. The monoisotopic (exact) mass is 265 g/mol. The third-order valence-corrected chi connectivity index (χ3v) is 3.53. The minimum atomic E-state index is -0.808. The molecular weight excluding hydrogens is 252 g/mol. The normalized spacial score (nSPS) is 10.6. The van der Waals surface area contributed by atoms with Crippen molar-refractivity contribution in [1.29, 1.82) is 0 Å². The Kier molecular flexibility index (Phi) is 4.20. The molecule has 2 aromatic rings. The molecule has 0 aromatic heterocycles. The summed E-state index contributed by atoms with van der Waals surface area (Å²) in [5.41, 5.74) is 7.52. The second-order valence-electron chi connectivity index (χ2n) is 3.92. The predicted octanol–water partition coefficient (Wildman–Crippen LogP) is 3.88. The van der Waals surface area contributed by atoms with Gasteiger partial charge in [-0.05, 0) is 42.3 Å². The average Bonchev–Trinajstić information content (AvgIpc) is 2.36. The van der Waals surface area contributed by atoms with E-state index >= 15 is 0 Å². The molecule has 2 aromatic carbocycles. The first-order valence-corrected chi connectivity index (χ1v) is 6.56. The van der Waals surface area contributed by atoms with Crippen molar-refractivity contribution in [1.82, 2.24) is 0 Å². The Balaban J connectivity index is 1.88. The second-order valence-corrected chi connectivity index (χ2v) is 5.08. The van der Waals surface area contributed by atoms with E-state index in [-0.39, 0.29) is 0 Å². The summed E-state index contributed by atoms with van der Waals surface area (Å²) in [5, 5.41) is 0. The molecule has 0 spiro atoms. The number of nitrogen functional groups attached to an aromatic ring is 1. The second kappa shape index (κ2) is 5.87. The number of thioether (sulfide) groups is 1. The molecule has 0 saturated carbocycles. The summed E-state index contributed by atoms with van der Waals surface area (Å²) >= 11 is 1.50. The molecule has 2 rings (SSSR count). The van der Waals surface area contributed by atoms with Crippen LogP contribution < -0.4 is 5.73 Å². The predicted molar refractivity (Wildman–Crippen MR) is 71.6 cm³/mol. The van der Waals surface area contributed by atoms with Gasteiger partial charge in [-0.25, -0.2) is 8.78 Å². The molecule has 94 valence electrons. The van der Waals surface area contributed by atoms with Crippen LogP contribution in [0.5, 0.6) is 0 Å². The fourth-order valence-electron chi connectivity index (χ4n) is 1.54. The van der Waals surface area contributed by atoms with E-state index in [1.54, 1.807) is 6.07 Å². The lowest BCUT2D eigenvalue weighted by Gasteiger charge is -2.03. The molecule has 4 heteroatoms. The highest BCUT2D eigenvalue weighted by Crippen LogP contribution is 2.21. The van der Waals surface area contributed by atoms with Crippen LogP contribution >= 0.6 is 11.8 Å². The zero-order valence-electron chi connectivity index (χ0n) is 9.70. The van der Waals surface area contributed by atoms with E-state index in [1.807, 2.05) is 24.3 Å². The van der Waals surface area contributed by atoms with Gasteiger partial charge in [-0.3, -0.25) is 0 Å². The minimum Gasteiger partial charge on any atom is -0.399 e.